The Morgan fingerprint density at radius 3 is 2.78 bits per heavy atom. The molecule has 1 aromatic rings. The molecule has 0 radical (unpaired) electrons. The van der Waals surface area contributed by atoms with E-state index >= 15 is 0 Å². The number of hydrogen-bond acceptors (Lipinski definition) is 5. The normalized spacial score (nSPS) is 19.1. The van der Waals surface area contributed by atoms with Gasteiger partial charge in [-0.25, -0.2) is 0 Å². The lowest BCUT2D eigenvalue weighted by atomic mass is 9.88. The van der Waals surface area contributed by atoms with Crippen molar-refractivity contribution < 1.29 is 14.1 Å². The van der Waals surface area contributed by atoms with Crippen molar-refractivity contribution in [3.63, 3.8) is 0 Å². The summed E-state index contributed by atoms with van der Waals surface area (Å²) in [6, 6.07) is 0. The third-order valence-electron chi connectivity index (χ3n) is 3.47. The van der Waals surface area contributed by atoms with Crippen LogP contribution in [0.3, 0.4) is 0 Å². The Balaban J connectivity index is 2.03. The Labute approximate surface area is 107 Å². The molecule has 0 spiro atoms. The molecule has 1 fully saturated rings. The van der Waals surface area contributed by atoms with Gasteiger partial charge in [-0.15, -0.1) is 0 Å². The van der Waals surface area contributed by atoms with Crippen molar-refractivity contribution in [2.24, 2.45) is 0 Å². The molecule has 0 aromatic carbocycles. The second kappa shape index (κ2) is 6.09. The third-order valence-corrected chi connectivity index (χ3v) is 3.47. The van der Waals surface area contributed by atoms with Crippen LogP contribution in [-0.4, -0.2) is 23.0 Å². The largest absolute Gasteiger partial charge is 0.373 e. The maximum absolute atomic E-state index is 11.2. The maximum atomic E-state index is 11.2. The maximum Gasteiger partial charge on any atom is 0.229 e. The van der Waals surface area contributed by atoms with E-state index in [1.54, 1.807) is 7.11 Å². The highest BCUT2D eigenvalue weighted by Gasteiger charge is 2.26. The van der Waals surface area contributed by atoms with Gasteiger partial charge in [-0.1, -0.05) is 18.5 Å². The molecule has 1 atom stereocenters. The third kappa shape index (κ3) is 2.96. The molecule has 2 rings (SSSR count). The zero-order valence-corrected chi connectivity index (χ0v) is 11.0. The highest BCUT2D eigenvalue weighted by molar-refractivity contribution is 5.79. The van der Waals surface area contributed by atoms with Gasteiger partial charge in [0.25, 0.3) is 0 Å². The lowest BCUT2D eigenvalue weighted by Crippen LogP contribution is -2.13. The molecule has 5 nitrogen and oxygen atoms in total. The topological polar surface area (TPSA) is 65.2 Å². The van der Waals surface area contributed by atoms with Gasteiger partial charge >= 0.3 is 0 Å². The zero-order valence-electron chi connectivity index (χ0n) is 11.0. The van der Waals surface area contributed by atoms with Crippen LogP contribution in [0.4, 0.5) is 0 Å². The molecule has 0 amide bonds. The molecule has 0 aliphatic heterocycles. The molecule has 0 saturated heterocycles. The van der Waals surface area contributed by atoms with E-state index in [0.717, 1.165) is 25.7 Å². The average molecular weight is 252 g/mol. The highest BCUT2D eigenvalue weighted by atomic mass is 16.5. The smallest absolute Gasteiger partial charge is 0.229 e. The molecule has 1 unspecified atom stereocenters. The summed E-state index contributed by atoms with van der Waals surface area (Å²) in [6.45, 7) is 2.10. The predicted molar refractivity (Wildman–Crippen MR) is 65.2 cm³/mol. The Morgan fingerprint density at radius 2 is 2.17 bits per heavy atom. The van der Waals surface area contributed by atoms with Crippen LogP contribution in [0.15, 0.2) is 4.52 Å². The quantitative estimate of drug-likeness (QED) is 0.806. The number of carbonyl (C=O) groups excluding carboxylic acids is 1. The van der Waals surface area contributed by atoms with E-state index in [-0.39, 0.29) is 12.0 Å². The van der Waals surface area contributed by atoms with Gasteiger partial charge in [-0.2, -0.15) is 4.98 Å². The second-order valence-electron chi connectivity index (χ2n) is 4.82. The minimum Gasteiger partial charge on any atom is -0.373 e. The summed E-state index contributed by atoms with van der Waals surface area (Å²) >= 11 is 0. The summed E-state index contributed by atoms with van der Waals surface area (Å²) in [5.41, 5.74) is 0. The monoisotopic (exact) mass is 252 g/mol. The Hall–Kier alpha value is -1.23. The Kier molecular flexibility index (Phi) is 4.47. The van der Waals surface area contributed by atoms with Crippen molar-refractivity contribution >= 4 is 5.78 Å². The summed E-state index contributed by atoms with van der Waals surface area (Å²) in [7, 11) is 1.66. The molecule has 5 heteroatoms. The van der Waals surface area contributed by atoms with Crippen LogP contribution >= 0.6 is 0 Å². The fraction of sp³-hybridized carbons (Fsp3) is 0.769. The number of rotatable bonds is 5. The van der Waals surface area contributed by atoms with Crippen molar-refractivity contribution in [2.45, 2.75) is 57.5 Å². The number of methoxy groups -OCH3 is 1. The lowest BCUT2D eigenvalue weighted by Gasteiger charge is -2.16. The average Bonchev–Trinajstić information content (AvgIpc) is 2.86. The van der Waals surface area contributed by atoms with Crippen LogP contribution in [0.5, 0.6) is 0 Å². The molecule has 0 bridgehead atoms. The number of hydrogen-bond donors (Lipinski definition) is 0. The standard InChI is InChI=1S/C13H20N2O3/c1-3-4-11(17-2)12-14-13(18-15-12)9-5-7-10(16)8-6-9/h9,11H,3-8H2,1-2H3. The van der Waals surface area contributed by atoms with Gasteiger partial charge in [0, 0.05) is 25.9 Å². The summed E-state index contributed by atoms with van der Waals surface area (Å²) in [6.07, 6.45) is 4.73. The summed E-state index contributed by atoms with van der Waals surface area (Å²) in [4.78, 5) is 15.6. The number of nitrogens with zero attached hydrogens (tertiary/aromatic N) is 2. The van der Waals surface area contributed by atoms with Gasteiger partial charge in [0.15, 0.2) is 0 Å². The van der Waals surface area contributed by atoms with Crippen LogP contribution in [0.2, 0.25) is 0 Å². The highest BCUT2D eigenvalue weighted by Crippen LogP contribution is 2.31. The fourth-order valence-electron chi connectivity index (χ4n) is 2.35. The first kappa shape index (κ1) is 13.2. The molecular formula is C13H20N2O3. The van der Waals surface area contributed by atoms with Crippen LogP contribution in [-0.2, 0) is 9.53 Å². The lowest BCUT2D eigenvalue weighted by molar-refractivity contribution is -0.120. The molecule has 100 valence electrons. The van der Waals surface area contributed by atoms with Crippen molar-refractivity contribution in [3.05, 3.63) is 11.7 Å². The fourth-order valence-corrected chi connectivity index (χ4v) is 2.35. The molecule has 1 heterocycles. The molecule has 18 heavy (non-hydrogen) atoms. The number of Topliss-reactive ketones (excluding diaryl/α,β-unsaturated/α-hetero) is 1. The van der Waals surface area contributed by atoms with E-state index < -0.39 is 0 Å². The van der Waals surface area contributed by atoms with Crippen molar-refractivity contribution in [3.8, 4) is 0 Å². The van der Waals surface area contributed by atoms with Gasteiger partial charge < -0.3 is 9.26 Å². The molecule has 1 aromatic heterocycles. The summed E-state index contributed by atoms with van der Waals surface area (Å²) < 4.78 is 10.7. The van der Waals surface area contributed by atoms with Gasteiger partial charge in [-0.05, 0) is 19.3 Å². The Bertz CT molecular complexity index is 393. The van der Waals surface area contributed by atoms with E-state index in [9.17, 15) is 4.79 Å². The van der Waals surface area contributed by atoms with Crippen LogP contribution in [0.25, 0.3) is 0 Å². The Morgan fingerprint density at radius 1 is 1.44 bits per heavy atom. The number of carbonyl (C=O) groups is 1. The molecular weight excluding hydrogens is 232 g/mol. The number of ether oxygens (including phenoxy) is 1. The summed E-state index contributed by atoms with van der Waals surface area (Å²) in [5.74, 6) is 1.87. The van der Waals surface area contributed by atoms with E-state index in [1.165, 1.54) is 0 Å². The van der Waals surface area contributed by atoms with Gasteiger partial charge in [-0.3, -0.25) is 4.79 Å². The van der Waals surface area contributed by atoms with E-state index in [2.05, 4.69) is 17.1 Å². The van der Waals surface area contributed by atoms with Crippen LogP contribution < -0.4 is 0 Å². The minimum absolute atomic E-state index is 0.0854. The molecule has 1 aliphatic carbocycles. The summed E-state index contributed by atoms with van der Waals surface area (Å²) in [5, 5.41) is 4.00. The predicted octanol–water partition coefficient (Wildman–Crippen LogP) is 2.78. The first-order chi connectivity index (χ1) is 8.74. The van der Waals surface area contributed by atoms with E-state index in [4.69, 9.17) is 9.26 Å². The molecule has 0 N–H and O–H groups in total. The molecule has 1 aliphatic rings. The first-order valence-electron chi connectivity index (χ1n) is 6.62. The van der Waals surface area contributed by atoms with Crippen LogP contribution in [0.1, 0.15) is 69.2 Å². The van der Waals surface area contributed by atoms with Crippen LogP contribution in [0, 0.1) is 0 Å². The van der Waals surface area contributed by atoms with E-state index in [1.807, 2.05) is 0 Å². The first-order valence-corrected chi connectivity index (χ1v) is 6.62. The van der Waals surface area contributed by atoms with Crippen molar-refractivity contribution in [1.29, 1.82) is 0 Å². The molecule has 1 saturated carbocycles. The number of aromatic nitrogens is 2. The zero-order chi connectivity index (χ0) is 13.0. The van der Waals surface area contributed by atoms with Gasteiger partial charge in [0.2, 0.25) is 11.7 Å². The van der Waals surface area contributed by atoms with Gasteiger partial charge in [0.05, 0.1) is 0 Å². The SMILES string of the molecule is CCCC(OC)c1noc(C2CCC(=O)CC2)n1. The minimum atomic E-state index is -0.0854. The second-order valence-corrected chi connectivity index (χ2v) is 4.82. The van der Waals surface area contributed by atoms with E-state index in [0.29, 0.717) is 30.3 Å². The van der Waals surface area contributed by atoms with Crippen molar-refractivity contribution in [1.82, 2.24) is 10.1 Å². The number of ketones is 1. The van der Waals surface area contributed by atoms with Gasteiger partial charge in [0.1, 0.15) is 11.9 Å². The van der Waals surface area contributed by atoms with Crippen molar-refractivity contribution in [2.75, 3.05) is 7.11 Å².